The standard InChI is InChI=1S/C11H7N3O3S2/c15-9-8-5(4-6(19-8)10(16)17)12-11(14-9)13-7-2-1-3-18-7/h1-4H,(H,16,17)(H2,12,13,14,15). The van der Waals surface area contributed by atoms with Crippen LogP contribution in [0.5, 0.6) is 0 Å². The molecule has 0 spiro atoms. The zero-order valence-electron chi connectivity index (χ0n) is 9.34. The summed E-state index contributed by atoms with van der Waals surface area (Å²) in [4.78, 5) is 29.6. The van der Waals surface area contributed by atoms with E-state index in [1.807, 2.05) is 17.5 Å². The third kappa shape index (κ3) is 2.23. The average Bonchev–Trinajstić information content (AvgIpc) is 2.97. The van der Waals surface area contributed by atoms with Crippen LogP contribution in [0.1, 0.15) is 9.67 Å². The zero-order chi connectivity index (χ0) is 13.4. The Bertz CT molecular complexity index is 804. The van der Waals surface area contributed by atoms with Crippen molar-refractivity contribution >= 4 is 49.8 Å². The number of carboxylic acids is 1. The molecular formula is C11H7N3O3S2. The minimum absolute atomic E-state index is 0.0984. The Kier molecular flexibility index (Phi) is 2.80. The highest BCUT2D eigenvalue weighted by molar-refractivity contribution is 7.20. The van der Waals surface area contributed by atoms with Crippen molar-refractivity contribution in [2.75, 3.05) is 5.32 Å². The highest BCUT2D eigenvalue weighted by atomic mass is 32.1. The summed E-state index contributed by atoms with van der Waals surface area (Å²) in [6.07, 6.45) is 0. The predicted octanol–water partition coefficient (Wildman–Crippen LogP) is 2.49. The first kappa shape index (κ1) is 11.9. The van der Waals surface area contributed by atoms with E-state index in [0.717, 1.165) is 16.3 Å². The largest absolute Gasteiger partial charge is 0.477 e. The number of fused-ring (bicyclic) bond motifs is 1. The van der Waals surface area contributed by atoms with Crippen molar-refractivity contribution in [1.29, 1.82) is 0 Å². The van der Waals surface area contributed by atoms with Crippen LogP contribution in [0.25, 0.3) is 10.2 Å². The van der Waals surface area contributed by atoms with Crippen LogP contribution in [0.2, 0.25) is 0 Å². The SMILES string of the molecule is O=C(O)c1cc2nc(Nc3cccs3)[nH]c(=O)c2s1. The second kappa shape index (κ2) is 4.48. The smallest absolute Gasteiger partial charge is 0.345 e. The van der Waals surface area contributed by atoms with Gasteiger partial charge >= 0.3 is 5.97 Å². The lowest BCUT2D eigenvalue weighted by atomic mass is 10.4. The zero-order valence-corrected chi connectivity index (χ0v) is 11.0. The molecule has 0 aliphatic rings. The van der Waals surface area contributed by atoms with E-state index >= 15 is 0 Å². The van der Waals surface area contributed by atoms with Gasteiger partial charge in [-0.25, -0.2) is 9.78 Å². The molecule has 0 unspecified atom stereocenters. The van der Waals surface area contributed by atoms with Crippen LogP contribution in [-0.2, 0) is 0 Å². The van der Waals surface area contributed by atoms with Gasteiger partial charge in [-0.3, -0.25) is 9.78 Å². The second-order valence-corrected chi connectivity index (χ2v) is 5.65. The van der Waals surface area contributed by atoms with E-state index in [4.69, 9.17) is 5.11 Å². The Hall–Kier alpha value is -2.19. The molecule has 3 aromatic heterocycles. The van der Waals surface area contributed by atoms with Crippen molar-refractivity contribution in [1.82, 2.24) is 9.97 Å². The maximum Gasteiger partial charge on any atom is 0.345 e. The van der Waals surface area contributed by atoms with Gasteiger partial charge < -0.3 is 10.4 Å². The fourth-order valence-electron chi connectivity index (χ4n) is 1.57. The van der Waals surface area contributed by atoms with Crippen LogP contribution in [0.3, 0.4) is 0 Å². The van der Waals surface area contributed by atoms with Crippen molar-refractivity contribution in [2.45, 2.75) is 0 Å². The normalized spacial score (nSPS) is 10.7. The Morgan fingerprint density at radius 2 is 2.32 bits per heavy atom. The quantitative estimate of drug-likeness (QED) is 0.689. The Morgan fingerprint density at radius 3 is 3.00 bits per heavy atom. The van der Waals surface area contributed by atoms with Crippen LogP contribution < -0.4 is 10.9 Å². The number of aromatic nitrogens is 2. The molecule has 0 aromatic carbocycles. The summed E-state index contributed by atoms with van der Waals surface area (Å²) in [7, 11) is 0. The molecule has 0 saturated heterocycles. The third-order valence-corrected chi connectivity index (χ3v) is 4.25. The number of H-pyrrole nitrogens is 1. The lowest BCUT2D eigenvalue weighted by Crippen LogP contribution is -2.09. The topological polar surface area (TPSA) is 95.1 Å². The molecule has 0 saturated carbocycles. The molecule has 0 aliphatic heterocycles. The van der Waals surface area contributed by atoms with E-state index in [9.17, 15) is 9.59 Å². The van der Waals surface area contributed by atoms with E-state index in [1.54, 1.807) is 0 Å². The molecule has 0 fully saturated rings. The minimum Gasteiger partial charge on any atom is -0.477 e. The molecule has 8 heteroatoms. The van der Waals surface area contributed by atoms with Gasteiger partial charge in [-0.05, 0) is 23.6 Å². The number of aromatic carboxylic acids is 1. The van der Waals surface area contributed by atoms with Crippen molar-refractivity contribution in [3.63, 3.8) is 0 Å². The molecule has 3 heterocycles. The van der Waals surface area contributed by atoms with Gasteiger partial charge in [-0.15, -0.1) is 22.7 Å². The molecule has 0 bridgehead atoms. The first-order chi connectivity index (χ1) is 9.13. The molecule has 96 valence electrons. The number of hydrogen-bond donors (Lipinski definition) is 3. The lowest BCUT2D eigenvalue weighted by Gasteiger charge is -2.01. The summed E-state index contributed by atoms with van der Waals surface area (Å²) in [5.74, 6) is -0.759. The summed E-state index contributed by atoms with van der Waals surface area (Å²) in [6, 6.07) is 5.12. The molecule has 3 rings (SSSR count). The number of nitrogens with zero attached hydrogens (tertiary/aromatic N) is 1. The van der Waals surface area contributed by atoms with Crippen LogP contribution in [0.15, 0.2) is 28.4 Å². The van der Waals surface area contributed by atoms with Crippen LogP contribution in [-0.4, -0.2) is 21.0 Å². The summed E-state index contributed by atoms with van der Waals surface area (Å²) in [5, 5.41) is 14.6. The van der Waals surface area contributed by atoms with Crippen molar-refractivity contribution < 1.29 is 9.90 Å². The van der Waals surface area contributed by atoms with Crippen molar-refractivity contribution in [3.05, 3.63) is 38.8 Å². The Balaban J connectivity index is 2.08. The fraction of sp³-hybridized carbons (Fsp3) is 0. The minimum atomic E-state index is -1.06. The molecular weight excluding hydrogens is 286 g/mol. The van der Waals surface area contributed by atoms with Gasteiger partial charge in [0.25, 0.3) is 5.56 Å². The van der Waals surface area contributed by atoms with E-state index in [1.165, 1.54) is 17.4 Å². The average molecular weight is 293 g/mol. The van der Waals surface area contributed by atoms with Crippen molar-refractivity contribution in [3.8, 4) is 0 Å². The van der Waals surface area contributed by atoms with Crippen LogP contribution in [0, 0.1) is 0 Å². The number of thiophene rings is 2. The highest BCUT2D eigenvalue weighted by Gasteiger charge is 2.13. The number of aromatic amines is 1. The molecule has 3 aromatic rings. The van der Waals surface area contributed by atoms with Gasteiger partial charge in [-0.2, -0.15) is 0 Å². The highest BCUT2D eigenvalue weighted by Crippen LogP contribution is 2.23. The molecule has 0 radical (unpaired) electrons. The monoisotopic (exact) mass is 293 g/mol. The number of nitrogens with one attached hydrogen (secondary N) is 2. The van der Waals surface area contributed by atoms with Gasteiger partial charge in [0.1, 0.15) is 9.58 Å². The Morgan fingerprint density at radius 1 is 1.47 bits per heavy atom. The predicted molar refractivity (Wildman–Crippen MR) is 74.8 cm³/mol. The Labute approximate surface area is 114 Å². The number of anilines is 2. The second-order valence-electron chi connectivity index (χ2n) is 3.65. The third-order valence-electron chi connectivity index (χ3n) is 2.36. The maximum absolute atomic E-state index is 11.8. The number of rotatable bonds is 3. The van der Waals surface area contributed by atoms with E-state index in [-0.39, 0.29) is 10.4 Å². The molecule has 3 N–H and O–H groups in total. The van der Waals surface area contributed by atoms with Gasteiger partial charge in [0.05, 0.1) is 10.5 Å². The van der Waals surface area contributed by atoms with Gasteiger partial charge in [0.2, 0.25) is 5.95 Å². The van der Waals surface area contributed by atoms with Crippen molar-refractivity contribution in [2.24, 2.45) is 0 Å². The van der Waals surface area contributed by atoms with E-state index in [0.29, 0.717) is 16.2 Å². The molecule has 0 atom stereocenters. The summed E-state index contributed by atoms with van der Waals surface area (Å²) < 4.78 is 0.314. The summed E-state index contributed by atoms with van der Waals surface area (Å²) in [6.45, 7) is 0. The lowest BCUT2D eigenvalue weighted by molar-refractivity contribution is 0.0702. The van der Waals surface area contributed by atoms with Crippen LogP contribution in [0.4, 0.5) is 10.9 Å². The number of carboxylic acid groups (broad SMARTS) is 1. The molecule has 0 amide bonds. The maximum atomic E-state index is 11.8. The first-order valence-electron chi connectivity index (χ1n) is 5.21. The first-order valence-corrected chi connectivity index (χ1v) is 6.91. The molecule has 0 aliphatic carbocycles. The van der Waals surface area contributed by atoms with Gasteiger partial charge in [0.15, 0.2) is 0 Å². The van der Waals surface area contributed by atoms with E-state index < -0.39 is 5.97 Å². The van der Waals surface area contributed by atoms with Crippen LogP contribution >= 0.6 is 22.7 Å². The fourth-order valence-corrected chi connectivity index (χ4v) is 3.02. The van der Waals surface area contributed by atoms with Gasteiger partial charge in [-0.1, -0.05) is 0 Å². The number of carbonyl (C=O) groups is 1. The summed E-state index contributed by atoms with van der Waals surface area (Å²) in [5.41, 5.74) is 0.0340. The number of hydrogen-bond acceptors (Lipinski definition) is 6. The van der Waals surface area contributed by atoms with Gasteiger partial charge in [0, 0.05) is 0 Å². The molecule has 6 nitrogen and oxygen atoms in total. The van der Waals surface area contributed by atoms with E-state index in [2.05, 4.69) is 15.3 Å². The molecule has 19 heavy (non-hydrogen) atoms. The summed E-state index contributed by atoms with van der Waals surface area (Å²) >= 11 is 2.39.